The van der Waals surface area contributed by atoms with Crippen LogP contribution in [0.25, 0.3) is 0 Å². The van der Waals surface area contributed by atoms with Gasteiger partial charge in [0.15, 0.2) is 0 Å². The van der Waals surface area contributed by atoms with Gasteiger partial charge in [-0.3, -0.25) is 4.90 Å². The first-order valence-electron chi connectivity index (χ1n) is 7.70. The highest BCUT2D eigenvalue weighted by atomic mass is 16.5. The highest BCUT2D eigenvalue weighted by Crippen LogP contribution is 2.25. The minimum absolute atomic E-state index is 0.0417. The molecule has 2 atom stereocenters. The van der Waals surface area contributed by atoms with E-state index in [-0.39, 0.29) is 5.60 Å². The molecule has 1 saturated heterocycles. The van der Waals surface area contributed by atoms with Crippen molar-refractivity contribution in [1.82, 2.24) is 10.2 Å². The fourth-order valence-electron chi connectivity index (χ4n) is 3.06. The predicted octanol–water partition coefficient (Wildman–Crippen LogP) is 2.84. The molecule has 1 heterocycles. The summed E-state index contributed by atoms with van der Waals surface area (Å²) < 4.78 is 5.83. The molecule has 0 radical (unpaired) electrons. The summed E-state index contributed by atoms with van der Waals surface area (Å²) in [5.41, 5.74) is 1.33. The Morgan fingerprint density at radius 1 is 1.30 bits per heavy atom. The normalized spacial score (nSPS) is 22.4. The molecule has 1 aliphatic heterocycles. The zero-order chi connectivity index (χ0) is 14.6. The SMILES string of the molecule is CCNC(c1ccccc1)C(C)N1CCOC(C)(C)C1. The fourth-order valence-corrected chi connectivity index (χ4v) is 3.06. The molecule has 0 aliphatic carbocycles. The van der Waals surface area contributed by atoms with E-state index in [0.29, 0.717) is 12.1 Å². The van der Waals surface area contributed by atoms with Crippen molar-refractivity contribution in [2.24, 2.45) is 0 Å². The van der Waals surface area contributed by atoms with Crippen LogP contribution >= 0.6 is 0 Å². The van der Waals surface area contributed by atoms with Crippen molar-refractivity contribution in [3.05, 3.63) is 35.9 Å². The van der Waals surface area contributed by atoms with Crippen LogP contribution in [-0.4, -0.2) is 42.8 Å². The van der Waals surface area contributed by atoms with Crippen molar-refractivity contribution in [1.29, 1.82) is 0 Å². The molecular formula is C17H28N2O. The van der Waals surface area contributed by atoms with Crippen LogP contribution in [0.1, 0.15) is 39.3 Å². The van der Waals surface area contributed by atoms with Gasteiger partial charge in [0.1, 0.15) is 0 Å². The molecule has 2 rings (SSSR count). The Morgan fingerprint density at radius 2 is 2.00 bits per heavy atom. The van der Waals surface area contributed by atoms with Crippen LogP contribution in [-0.2, 0) is 4.74 Å². The molecule has 3 nitrogen and oxygen atoms in total. The van der Waals surface area contributed by atoms with Crippen LogP contribution in [0.2, 0.25) is 0 Å². The van der Waals surface area contributed by atoms with Crippen molar-refractivity contribution in [2.75, 3.05) is 26.2 Å². The Hall–Kier alpha value is -0.900. The Bertz CT molecular complexity index is 405. The third-order valence-corrected chi connectivity index (χ3v) is 4.10. The highest BCUT2D eigenvalue weighted by Gasteiger charge is 2.32. The van der Waals surface area contributed by atoms with Crippen LogP contribution in [0.3, 0.4) is 0 Å². The molecule has 0 spiro atoms. The van der Waals surface area contributed by atoms with Gasteiger partial charge in [-0.1, -0.05) is 37.3 Å². The summed E-state index contributed by atoms with van der Waals surface area (Å²) in [6, 6.07) is 11.6. The maximum Gasteiger partial charge on any atom is 0.0753 e. The first-order chi connectivity index (χ1) is 9.53. The quantitative estimate of drug-likeness (QED) is 0.895. The second-order valence-electron chi connectivity index (χ2n) is 6.27. The van der Waals surface area contributed by atoms with E-state index in [1.165, 1.54) is 5.56 Å². The van der Waals surface area contributed by atoms with Gasteiger partial charge in [0.25, 0.3) is 0 Å². The number of hydrogen-bond acceptors (Lipinski definition) is 3. The molecule has 0 amide bonds. The Labute approximate surface area is 123 Å². The van der Waals surface area contributed by atoms with Crippen LogP contribution < -0.4 is 5.32 Å². The smallest absolute Gasteiger partial charge is 0.0753 e. The number of nitrogens with one attached hydrogen (secondary N) is 1. The number of benzene rings is 1. The van der Waals surface area contributed by atoms with E-state index in [9.17, 15) is 0 Å². The van der Waals surface area contributed by atoms with Gasteiger partial charge >= 0.3 is 0 Å². The maximum atomic E-state index is 5.83. The lowest BCUT2D eigenvalue weighted by molar-refractivity contribution is -0.0986. The Morgan fingerprint density at radius 3 is 2.60 bits per heavy atom. The van der Waals surface area contributed by atoms with E-state index in [1.807, 2.05) is 0 Å². The van der Waals surface area contributed by atoms with E-state index in [0.717, 1.165) is 26.2 Å². The summed E-state index contributed by atoms with van der Waals surface area (Å²) >= 11 is 0. The zero-order valence-corrected chi connectivity index (χ0v) is 13.2. The van der Waals surface area contributed by atoms with Crippen LogP contribution in [0.4, 0.5) is 0 Å². The van der Waals surface area contributed by atoms with Crippen molar-refractivity contribution >= 4 is 0 Å². The van der Waals surface area contributed by atoms with Crippen molar-refractivity contribution in [2.45, 2.75) is 45.4 Å². The average Bonchev–Trinajstić information content (AvgIpc) is 2.44. The van der Waals surface area contributed by atoms with Gasteiger partial charge in [-0.2, -0.15) is 0 Å². The van der Waals surface area contributed by atoms with Crippen LogP contribution in [0.5, 0.6) is 0 Å². The summed E-state index contributed by atoms with van der Waals surface area (Å²) in [5, 5.41) is 3.64. The molecule has 2 unspecified atom stereocenters. The Balaban J connectivity index is 2.12. The van der Waals surface area contributed by atoms with E-state index in [2.05, 4.69) is 68.2 Å². The predicted molar refractivity (Wildman–Crippen MR) is 83.9 cm³/mol. The molecule has 0 saturated carbocycles. The number of likely N-dealkylation sites (N-methyl/N-ethyl adjacent to an activating group) is 1. The first-order valence-corrected chi connectivity index (χ1v) is 7.70. The zero-order valence-electron chi connectivity index (χ0n) is 13.2. The number of nitrogens with zero attached hydrogens (tertiary/aromatic N) is 1. The van der Waals surface area contributed by atoms with Crippen molar-refractivity contribution in [3.8, 4) is 0 Å². The second-order valence-corrected chi connectivity index (χ2v) is 6.27. The molecule has 20 heavy (non-hydrogen) atoms. The second kappa shape index (κ2) is 6.70. The minimum atomic E-state index is -0.0417. The number of hydrogen-bond donors (Lipinski definition) is 1. The third kappa shape index (κ3) is 3.81. The van der Waals surface area contributed by atoms with E-state index < -0.39 is 0 Å². The van der Waals surface area contributed by atoms with Gasteiger partial charge < -0.3 is 10.1 Å². The lowest BCUT2D eigenvalue weighted by Gasteiger charge is -2.43. The largest absolute Gasteiger partial charge is 0.373 e. The summed E-state index contributed by atoms with van der Waals surface area (Å²) in [6.45, 7) is 12.7. The molecule has 0 bridgehead atoms. The third-order valence-electron chi connectivity index (χ3n) is 4.10. The molecule has 0 aromatic heterocycles. The Kier molecular flexibility index (Phi) is 5.19. The standard InChI is InChI=1S/C17H28N2O/c1-5-18-16(15-9-7-6-8-10-15)14(2)19-11-12-20-17(3,4)13-19/h6-10,14,16,18H,5,11-13H2,1-4H3. The fraction of sp³-hybridized carbons (Fsp3) is 0.647. The monoisotopic (exact) mass is 276 g/mol. The first kappa shape index (κ1) is 15.5. The van der Waals surface area contributed by atoms with Gasteiger partial charge in [0, 0.05) is 25.2 Å². The van der Waals surface area contributed by atoms with Gasteiger partial charge in [-0.05, 0) is 32.9 Å². The molecule has 1 aromatic rings. The lowest BCUT2D eigenvalue weighted by Crippen LogP contribution is -2.54. The molecule has 1 fully saturated rings. The summed E-state index contributed by atoms with van der Waals surface area (Å²) in [5.74, 6) is 0. The molecule has 1 aliphatic rings. The van der Waals surface area contributed by atoms with Crippen molar-refractivity contribution in [3.63, 3.8) is 0 Å². The molecule has 1 aromatic carbocycles. The summed E-state index contributed by atoms with van der Waals surface area (Å²) in [4.78, 5) is 2.55. The molecule has 3 heteroatoms. The molecular weight excluding hydrogens is 248 g/mol. The van der Waals surface area contributed by atoms with Gasteiger partial charge in [0.05, 0.1) is 12.2 Å². The van der Waals surface area contributed by atoms with Crippen LogP contribution in [0, 0.1) is 0 Å². The average molecular weight is 276 g/mol. The van der Waals surface area contributed by atoms with Gasteiger partial charge in [-0.25, -0.2) is 0 Å². The van der Waals surface area contributed by atoms with Gasteiger partial charge in [0.2, 0.25) is 0 Å². The summed E-state index contributed by atoms with van der Waals surface area (Å²) in [7, 11) is 0. The lowest BCUT2D eigenvalue weighted by atomic mass is 9.97. The van der Waals surface area contributed by atoms with Crippen molar-refractivity contribution < 1.29 is 4.74 Å². The number of ether oxygens (including phenoxy) is 1. The van der Waals surface area contributed by atoms with Crippen LogP contribution in [0.15, 0.2) is 30.3 Å². The highest BCUT2D eigenvalue weighted by molar-refractivity contribution is 5.20. The number of morpholine rings is 1. The topological polar surface area (TPSA) is 24.5 Å². The maximum absolute atomic E-state index is 5.83. The molecule has 112 valence electrons. The van der Waals surface area contributed by atoms with E-state index >= 15 is 0 Å². The van der Waals surface area contributed by atoms with E-state index in [4.69, 9.17) is 4.74 Å². The summed E-state index contributed by atoms with van der Waals surface area (Å²) in [6.07, 6.45) is 0. The number of rotatable bonds is 5. The van der Waals surface area contributed by atoms with E-state index in [1.54, 1.807) is 0 Å². The minimum Gasteiger partial charge on any atom is -0.373 e. The molecule has 1 N–H and O–H groups in total. The van der Waals surface area contributed by atoms with Gasteiger partial charge in [-0.15, -0.1) is 0 Å².